The molecule has 0 unspecified atom stereocenters. The summed E-state index contributed by atoms with van der Waals surface area (Å²) in [6, 6.07) is 7.04. The minimum atomic E-state index is -0.165. The SMILES string of the molecule is O=Cc1cccc(N2C=NC(=O)C2)c1. The van der Waals surface area contributed by atoms with Gasteiger partial charge in [0.15, 0.2) is 0 Å². The molecule has 0 radical (unpaired) electrons. The van der Waals surface area contributed by atoms with Crippen molar-refractivity contribution >= 4 is 24.2 Å². The second-order valence-corrected chi connectivity index (χ2v) is 2.98. The lowest BCUT2D eigenvalue weighted by molar-refractivity contribution is -0.115. The largest absolute Gasteiger partial charge is 0.323 e. The van der Waals surface area contributed by atoms with E-state index < -0.39 is 0 Å². The number of anilines is 1. The van der Waals surface area contributed by atoms with Crippen molar-refractivity contribution in [3.05, 3.63) is 29.8 Å². The van der Waals surface area contributed by atoms with E-state index in [0.29, 0.717) is 5.56 Å². The Morgan fingerprint density at radius 2 is 2.29 bits per heavy atom. The van der Waals surface area contributed by atoms with E-state index in [4.69, 9.17) is 0 Å². The number of hydrogen-bond donors (Lipinski definition) is 0. The Bertz CT molecular complexity index is 412. The van der Waals surface area contributed by atoms with Crippen LogP contribution in [0.25, 0.3) is 0 Å². The molecule has 0 N–H and O–H groups in total. The number of carbonyl (C=O) groups excluding carboxylic acids is 2. The molecule has 0 bridgehead atoms. The van der Waals surface area contributed by atoms with Gasteiger partial charge >= 0.3 is 0 Å². The van der Waals surface area contributed by atoms with Crippen LogP contribution in [0.1, 0.15) is 10.4 Å². The van der Waals surface area contributed by atoms with Crippen LogP contribution < -0.4 is 4.90 Å². The lowest BCUT2D eigenvalue weighted by Gasteiger charge is -2.12. The lowest BCUT2D eigenvalue weighted by Crippen LogP contribution is -2.20. The van der Waals surface area contributed by atoms with Crippen molar-refractivity contribution < 1.29 is 9.59 Å². The quantitative estimate of drug-likeness (QED) is 0.647. The van der Waals surface area contributed by atoms with E-state index in [1.165, 1.54) is 6.34 Å². The van der Waals surface area contributed by atoms with Crippen LogP contribution >= 0.6 is 0 Å². The van der Waals surface area contributed by atoms with E-state index in [1.54, 1.807) is 23.1 Å². The number of amides is 1. The number of carbonyl (C=O) groups is 2. The molecule has 0 saturated carbocycles. The summed E-state index contributed by atoms with van der Waals surface area (Å²) in [5.41, 5.74) is 1.40. The Balaban J connectivity index is 2.28. The van der Waals surface area contributed by atoms with Gasteiger partial charge in [-0.1, -0.05) is 12.1 Å². The topological polar surface area (TPSA) is 49.7 Å². The maximum atomic E-state index is 10.9. The number of rotatable bonds is 2. The molecule has 1 aliphatic rings. The number of aldehydes is 1. The summed E-state index contributed by atoms with van der Waals surface area (Å²) in [7, 11) is 0. The Morgan fingerprint density at radius 1 is 1.43 bits per heavy atom. The molecule has 4 heteroatoms. The van der Waals surface area contributed by atoms with E-state index in [1.807, 2.05) is 6.07 Å². The van der Waals surface area contributed by atoms with Crippen molar-refractivity contribution in [2.45, 2.75) is 0 Å². The number of hydrogen-bond acceptors (Lipinski definition) is 3. The molecule has 0 spiro atoms. The summed E-state index contributed by atoms with van der Waals surface area (Å²) in [4.78, 5) is 26.7. The summed E-state index contributed by atoms with van der Waals surface area (Å²) in [5.74, 6) is -0.165. The third kappa shape index (κ3) is 1.54. The number of aliphatic imine (C=N–C) groups is 1. The third-order valence-electron chi connectivity index (χ3n) is 1.98. The van der Waals surface area contributed by atoms with Gasteiger partial charge < -0.3 is 4.90 Å². The molecule has 0 saturated heterocycles. The van der Waals surface area contributed by atoms with E-state index in [-0.39, 0.29) is 12.5 Å². The van der Waals surface area contributed by atoms with E-state index >= 15 is 0 Å². The van der Waals surface area contributed by atoms with Gasteiger partial charge in [0.05, 0.1) is 6.34 Å². The van der Waals surface area contributed by atoms with Gasteiger partial charge in [-0.15, -0.1) is 0 Å². The van der Waals surface area contributed by atoms with E-state index in [0.717, 1.165) is 12.0 Å². The van der Waals surface area contributed by atoms with E-state index in [9.17, 15) is 9.59 Å². The second-order valence-electron chi connectivity index (χ2n) is 2.98. The molecule has 14 heavy (non-hydrogen) atoms. The molecule has 1 heterocycles. The van der Waals surface area contributed by atoms with Crippen LogP contribution in [0.15, 0.2) is 29.3 Å². The van der Waals surface area contributed by atoms with Gasteiger partial charge in [0.25, 0.3) is 5.91 Å². The zero-order valence-corrected chi connectivity index (χ0v) is 7.38. The van der Waals surface area contributed by atoms with Crippen LogP contribution in [0.2, 0.25) is 0 Å². The van der Waals surface area contributed by atoms with Crippen LogP contribution in [-0.4, -0.2) is 25.1 Å². The molecule has 1 aromatic rings. The highest BCUT2D eigenvalue weighted by molar-refractivity contribution is 6.02. The zero-order chi connectivity index (χ0) is 9.97. The van der Waals surface area contributed by atoms with Crippen molar-refractivity contribution in [3.8, 4) is 0 Å². The van der Waals surface area contributed by atoms with Crippen molar-refractivity contribution in [2.75, 3.05) is 11.4 Å². The standard InChI is InChI=1S/C10H8N2O2/c13-6-8-2-1-3-9(4-8)12-5-10(14)11-7-12/h1-4,6-7H,5H2. The zero-order valence-electron chi connectivity index (χ0n) is 7.38. The highest BCUT2D eigenvalue weighted by Crippen LogP contribution is 2.15. The molecule has 0 fully saturated rings. The van der Waals surface area contributed by atoms with Crippen LogP contribution in [0.4, 0.5) is 5.69 Å². The van der Waals surface area contributed by atoms with Crippen molar-refractivity contribution in [2.24, 2.45) is 4.99 Å². The van der Waals surface area contributed by atoms with Crippen LogP contribution in [0, 0.1) is 0 Å². The number of benzene rings is 1. The molecule has 0 aliphatic carbocycles. The van der Waals surface area contributed by atoms with E-state index in [2.05, 4.69) is 4.99 Å². The van der Waals surface area contributed by atoms with Gasteiger partial charge in [-0.2, -0.15) is 0 Å². The fourth-order valence-electron chi connectivity index (χ4n) is 1.30. The summed E-state index contributed by atoms with van der Waals surface area (Å²) < 4.78 is 0. The highest BCUT2D eigenvalue weighted by atomic mass is 16.2. The molecule has 1 aliphatic heterocycles. The molecular formula is C10H8N2O2. The lowest BCUT2D eigenvalue weighted by atomic mass is 10.2. The Morgan fingerprint density at radius 3 is 2.93 bits per heavy atom. The fraction of sp³-hybridized carbons (Fsp3) is 0.100. The Kier molecular flexibility index (Phi) is 2.10. The Labute approximate surface area is 80.9 Å². The fourth-order valence-corrected chi connectivity index (χ4v) is 1.30. The monoisotopic (exact) mass is 188 g/mol. The predicted octanol–water partition coefficient (Wildman–Crippen LogP) is 0.874. The van der Waals surface area contributed by atoms with Crippen LogP contribution in [-0.2, 0) is 4.79 Å². The Hall–Kier alpha value is -1.97. The minimum absolute atomic E-state index is 0.165. The molecule has 1 amide bonds. The minimum Gasteiger partial charge on any atom is -0.323 e. The van der Waals surface area contributed by atoms with Gasteiger partial charge in [0, 0.05) is 11.3 Å². The summed E-state index contributed by atoms with van der Waals surface area (Å²) >= 11 is 0. The average Bonchev–Trinajstić information content (AvgIpc) is 2.65. The van der Waals surface area contributed by atoms with Crippen molar-refractivity contribution in [1.29, 1.82) is 0 Å². The molecule has 70 valence electrons. The molecule has 2 rings (SSSR count). The molecular weight excluding hydrogens is 180 g/mol. The smallest absolute Gasteiger partial charge is 0.267 e. The highest BCUT2D eigenvalue weighted by Gasteiger charge is 2.14. The summed E-state index contributed by atoms with van der Waals surface area (Å²) in [6.07, 6.45) is 2.25. The molecule has 4 nitrogen and oxygen atoms in total. The van der Waals surface area contributed by atoms with Gasteiger partial charge in [-0.3, -0.25) is 9.59 Å². The maximum Gasteiger partial charge on any atom is 0.267 e. The van der Waals surface area contributed by atoms with Gasteiger partial charge in [0.2, 0.25) is 0 Å². The number of nitrogens with zero attached hydrogens (tertiary/aromatic N) is 2. The summed E-state index contributed by atoms with van der Waals surface area (Å²) in [5, 5.41) is 0. The molecule has 0 atom stereocenters. The maximum absolute atomic E-state index is 10.9. The normalized spacial score (nSPS) is 14.9. The molecule has 0 aromatic heterocycles. The first-order valence-electron chi connectivity index (χ1n) is 4.18. The molecule has 1 aromatic carbocycles. The first kappa shape index (κ1) is 8.62. The summed E-state index contributed by atoms with van der Waals surface area (Å²) in [6.45, 7) is 0.252. The van der Waals surface area contributed by atoms with Crippen molar-refractivity contribution in [1.82, 2.24) is 0 Å². The van der Waals surface area contributed by atoms with Crippen LogP contribution in [0.5, 0.6) is 0 Å². The average molecular weight is 188 g/mol. The van der Waals surface area contributed by atoms with Crippen molar-refractivity contribution in [3.63, 3.8) is 0 Å². The van der Waals surface area contributed by atoms with Gasteiger partial charge in [0.1, 0.15) is 12.8 Å². The second kappa shape index (κ2) is 3.41. The van der Waals surface area contributed by atoms with Gasteiger partial charge in [-0.25, -0.2) is 4.99 Å². The van der Waals surface area contributed by atoms with Crippen LogP contribution in [0.3, 0.4) is 0 Å². The third-order valence-corrected chi connectivity index (χ3v) is 1.98. The first-order valence-corrected chi connectivity index (χ1v) is 4.18. The first-order chi connectivity index (χ1) is 6.79. The predicted molar refractivity (Wildman–Crippen MR) is 52.7 cm³/mol. The van der Waals surface area contributed by atoms with Gasteiger partial charge in [-0.05, 0) is 12.1 Å².